The molecule has 174 valence electrons. The quantitative estimate of drug-likeness (QED) is 0.426. The Morgan fingerprint density at radius 2 is 1.52 bits per heavy atom. The number of hydrogen-bond donors (Lipinski definition) is 1. The van der Waals surface area contributed by atoms with E-state index in [9.17, 15) is 26.4 Å². The van der Waals surface area contributed by atoms with Crippen LogP contribution < -0.4 is 9.62 Å². The molecule has 1 amide bonds. The molecule has 33 heavy (non-hydrogen) atoms. The Morgan fingerprint density at radius 3 is 2.09 bits per heavy atom. The monoisotopic (exact) mass is 516 g/mol. The van der Waals surface area contributed by atoms with Crippen molar-refractivity contribution in [3.8, 4) is 0 Å². The van der Waals surface area contributed by atoms with Gasteiger partial charge in [0.15, 0.2) is 0 Å². The van der Waals surface area contributed by atoms with Gasteiger partial charge >= 0.3 is 6.18 Å². The molecular weight excluding hydrogens is 500 g/mol. The molecule has 0 fully saturated rings. The van der Waals surface area contributed by atoms with Gasteiger partial charge in [-0.15, -0.1) is 0 Å². The summed E-state index contributed by atoms with van der Waals surface area (Å²) in [5.41, 5.74) is -0.670. The van der Waals surface area contributed by atoms with Crippen LogP contribution in [0.3, 0.4) is 0 Å². The van der Waals surface area contributed by atoms with Crippen molar-refractivity contribution >= 4 is 50.5 Å². The third-order valence-electron chi connectivity index (χ3n) is 4.57. The fraction of sp³-hybridized carbons (Fsp3) is 0.136. The highest BCUT2D eigenvalue weighted by Gasteiger charge is 2.35. The van der Waals surface area contributed by atoms with Crippen LogP contribution in [0.25, 0.3) is 0 Å². The van der Waals surface area contributed by atoms with Gasteiger partial charge in [-0.3, -0.25) is 9.10 Å². The number of rotatable bonds is 6. The SMILES string of the molecule is Cc1ccc(N(CC(=O)Nc2ccc(Cl)cc2C(F)(F)F)S(=O)(=O)c2ccc(Cl)cc2)cc1. The van der Waals surface area contributed by atoms with Gasteiger partial charge in [0.25, 0.3) is 10.0 Å². The zero-order valence-corrected chi connectivity index (χ0v) is 19.4. The molecule has 3 aromatic carbocycles. The van der Waals surface area contributed by atoms with Crippen LogP contribution >= 0.6 is 23.2 Å². The Balaban J connectivity index is 1.97. The van der Waals surface area contributed by atoms with E-state index in [1.807, 2.05) is 0 Å². The third kappa shape index (κ3) is 5.98. The fourth-order valence-corrected chi connectivity index (χ4v) is 4.66. The number of carbonyl (C=O) groups excluding carboxylic acids is 1. The third-order valence-corrected chi connectivity index (χ3v) is 6.85. The lowest BCUT2D eigenvalue weighted by Gasteiger charge is -2.24. The summed E-state index contributed by atoms with van der Waals surface area (Å²) in [5, 5.41) is 2.30. The van der Waals surface area contributed by atoms with Gasteiger partial charge in [-0.25, -0.2) is 8.42 Å². The second kappa shape index (κ2) is 9.62. The average molecular weight is 517 g/mol. The predicted molar refractivity (Wildman–Crippen MR) is 122 cm³/mol. The van der Waals surface area contributed by atoms with Crippen molar-refractivity contribution in [1.29, 1.82) is 0 Å². The Hall–Kier alpha value is -2.75. The van der Waals surface area contributed by atoms with Gasteiger partial charge in [0.1, 0.15) is 6.54 Å². The molecule has 11 heteroatoms. The summed E-state index contributed by atoms with van der Waals surface area (Å²) in [5.74, 6) is -0.971. The molecule has 0 saturated heterocycles. The minimum atomic E-state index is -4.78. The Kier molecular flexibility index (Phi) is 7.26. The van der Waals surface area contributed by atoms with Crippen LogP contribution in [0.1, 0.15) is 11.1 Å². The van der Waals surface area contributed by atoms with Crippen molar-refractivity contribution in [1.82, 2.24) is 0 Å². The first-order valence-electron chi connectivity index (χ1n) is 9.39. The van der Waals surface area contributed by atoms with Crippen molar-refractivity contribution in [3.05, 3.63) is 87.9 Å². The van der Waals surface area contributed by atoms with E-state index >= 15 is 0 Å². The summed E-state index contributed by atoms with van der Waals surface area (Å²) in [6.45, 7) is 1.03. The number of aryl methyl sites for hydroxylation is 1. The summed E-state index contributed by atoms with van der Waals surface area (Å²) >= 11 is 11.5. The number of benzene rings is 3. The molecule has 1 N–H and O–H groups in total. The summed E-state index contributed by atoms with van der Waals surface area (Å²) in [7, 11) is -4.25. The molecule has 0 heterocycles. The standard InChI is InChI=1S/C22H17Cl2F3N2O3S/c1-14-2-7-17(8-3-14)29(33(31,32)18-9-4-15(23)5-10-18)13-21(30)28-20-11-6-16(24)12-19(20)22(25,26)27/h2-12H,13H2,1H3,(H,28,30). The predicted octanol–water partition coefficient (Wildman–Crippen LogP) is 6.15. The molecule has 0 saturated carbocycles. The number of anilines is 2. The minimum absolute atomic E-state index is 0.136. The summed E-state index contributed by atoms with van der Waals surface area (Å²) in [4.78, 5) is 12.6. The van der Waals surface area contributed by atoms with E-state index in [0.29, 0.717) is 11.1 Å². The average Bonchev–Trinajstić information content (AvgIpc) is 2.73. The number of sulfonamides is 1. The van der Waals surface area contributed by atoms with Crippen molar-refractivity contribution in [2.24, 2.45) is 0 Å². The number of halogens is 5. The Labute approximate surface area is 198 Å². The van der Waals surface area contributed by atoms with Crippen LogP contribution in [-0.4, -0.2) is 20.9 Å². The number of alkyl halides is 3. The van der Waals surface area contributed by atoms with Crippen LogP contribution in [0, 0.1) is 6.92 Å². The van der Waals surface area contributed by atoms with Gasteiger partial charge in [0, 0.05) is 10.0 Å². The summed E-state index contributed by atoms with van der Waals surface area (Å²) in [6, 6.07) is 14.5. The van der Waals surface area contributed by atoms with Crippen LogP contribution in [-0.2, 0) is 21.0 Å². The lowest BCUT2D eigenvalue weighted by Crippen LogP contribution is -2.38. The van der Waals surface area contributed by atoms with Crippen molar-refractivity contribution < 1.29 is 26.4 Å². The molecule has 3 rings (SSSR count). The number of nitrogens with one attached hydrogen (secondary N) is 1. The molecule has 3 aromatic rings. The first kappa shape index (κ1) is 24.9. The van der Waals surface area contributed by atoms with Gasteiger partial charge in [-0.05, 0) is 61.5 Å². The van der Waals surface area contributed by atoms with E-state index in [2.05, 4.69) is 5.32 Å². The maximum atomic E-state index is 13.4. The first-order chi connectivity index (χ1) is 15.4. The second-order valence-electron chi connectivity index (χ2n) is 7.04. The van der Waals surface area contributed by atoms with Crippen molar-refractivity contribution in [2.45, 2.75) is 18.0 Å². The molecule has 5 nitrogen and oxygen atoms in total. The fourth-order valence-electron chi connectivity index (χ4n) is 2.94. The van der Waals surface area contributed by atoms with Crippen molar-refractivity contribution in [3.63, 3.8) is 0 Å². The van der Waals surface area contributed by atoms with Gasteiger partial charge in [-0.1, -0.05) is 40.9 Å². The molecule has 0 bridgehead atoms. The molecule has 0 aliphatic heterocycles. The molecule has 0 unspecified atom stereocenters. The molecule has 0 aromatic heterocycles. The molecular formula is C22H17Cl2F3N2O3S. The van der Waals surface area contributed by atoms with Gasteiger partial charge in [-0.2, -0.15) is 13.2 Å². The van der Waals surface area contributed by atoms with Gasteiger partial charge in [0.2, 0.25) is 5.91 Å². The van der Waals surface area contributed by atoms with Crippen LogP contribution in [0.5, 0.6) is 0 Å². The molecule has 0 radical (unpaired) electrons. The number of hydrogen-bond acceptors (Lipinski definition) is 3. The summed E-state index contributed by atoms with van der Waals surface area (Å²) < 4.78 is 67.5. The zero-order valence-electron chi connectivity index (χ0n) is 17.0. The van der Waals surface area contributed by atoms with E-state index in [-0.39, 0.29) is 15.6 Å². The highest BCUT2D eigenvalue weighted by atomic mass is 35.5. The van der Waals surface area contributed by atoms with E-state index in [1.165, 1.54) is 42.5 Å². The maximum absolute atomic E-state index is 13.4. The zero-order chi connectivity index (χ0) is 24.4. The van der Waals surface area contributed by atoms with Crippen LogP contribution in [0.15, 0.2) is 71.6 Å². The van der Waals surface area contributed by atoms with Crippen LogP contribution in [0.4, 0.5) is 24.5 Å². The first-order valence-corrected chi connectivity index (χ1v) is 11.6. The minimum Gasteiger partial charge on any atom is -0.324 e. The Bertz CT molecular complexity index is 1260. The number of nitrogens with zero attached hydrogens (tertiary/aromatic N) is 1. The van der Waals surface area contributed by atoms with Crippen LogP contribution in [0.2, 0.25) is 10.0 Å². The molecule has 0 aliphatic carbocycles. The highest BCUT2D eigenvalue weighted by Crippen LogP contribution is 2.36. The van der Waals surface area contributed by atoms with E-state index in [0.717, 1.165) is 15.9 Å². The summed E-state index contributed by atoms with van der Waals surface area (Å²) in [6.07, 6.45) is -4.78. The Morgan fingerprint density at radius 1 is 0.939 bits per heavy atom. The molecule has 0 atom stereocenters. The van der Waals surface area contributed by atoms with E-state index < -0.39 is 39.9 Å². The second-order valence-corrected chi connectivity index (χ2v) is 9.77. The largest absolute Gasteiger partial charge is 0.418 e. The lowest BCUT2D eigenvalue weighted by atomic mass is 10.1. The number of carbonyl (C=O) groups is 1. The maximum Gasteiger partial charge on any atom is 0.418 e. The highest BCUT2D eigenvalue weighted by molar-refractivity contribution is 7.92. The van der Waals surface area contributed by atoms with E-state index in [1.54, 1.807) is 19.1 Å². The normalized spacial score (nSPS) is 11.8. The molecule has 0 spiro atoms. The van der Waals surface area contributed by atoms with Crippen molar-refractivity contribution in [2.75, 3.05) is 16.2 Å². The number of amides is 1. The van der Waals surface area contributed by atoms with Gasteiger partial charge in [0.05, 0.1) is 21.8 Å². The smallest absolute Gasteiger partial charge is 0.324 e. The topological polar surface area (TPSA) is 66.5 Å². The van der Waals surface area contributed by atoms with Gasteiger partial charge < -0.3 is 5.32 Å². The molecule has 0 aliphatic rings. The van der Waals surface area contributed by atoms with E-state index in [4.69, 9.17) is 23.2 Å². The lowest BCUT2D eigenvalue weighted by molar-refractivity contribution is -0.137.